The standard InChI is InChI=1S/C14H21NOS/c1-3-11(13-6-8-17-14(13)5-1)9-15-10-12-4-2-7-16-12/h6,8,11-12,15H,1-5,7,9-10H2. The van der Waals surface area contributed by atoms with Gasteiger partial charge in [0.2, 0.25) is 0 Å². The van der Waals surface area contributed by atoms with Gasteiger partial charge in [-0.25, -0.2) is 0 Å². The summed E-state index contributed by atoms with van der Waals surface area (Å²) in [6, 6.07) is 2.33. The average molecular weight is 251 g/mol. The molecule has 2 nitrogen and oxygen atoms in total. The highest BCUT2D eigenvalue weighted by molar-refractivity contribution is 7.10. The maximum Gasteiger partial charge on any atom is 0.0700 e. The van der Waals surface area contributed by atoms with E-state index in [9.17, 15) is 0 Å². The minimum absolute atomic E-state index is 0.473. The van der Waals surface area contributed by atoms with Crippen molar-refractivity contribution >= 4 is 11.3 Å². The predicted molar refractivity (Wildman–Crippen MR) is 71.8 cm³/mol. The third-order valence-corrected chi connectivity index (χ3v) is 4.96. The zero-order chi connectivity index (χ0) is 11.5. The molecule has 3 rings (SSSR count). The van der Waals surface area contributed by atoms with E-state index in [0.717, 1.165) is 25.6 Å². The zero-order valence-corrected chi connectivity index (χ0v) is 11.1. The van der Waals surface area contributed by atoms with Gasteiger partial charge in [0.05, 0.1) is 6.10 Å². The molecule has 0 aromatic carbocycles. The van der Waals surface area contributed by atoms with Crippen LogP contribution in [0.4, 0.5) is 0 Å². The van der Waals surface area contributed by atoms with Gasteiger partial charge in [-0.05, 0) is 55.0 Å². The molecule has 1 aromatic rings. The van der Waals surface area contributed by atoms with Gasteiger partial charge in [0.25, 0.3) is 0 Å². The van der Waals surface area contributed by atoms with Gasteiger partial charge >= 0.3 is 0 Å². The molecular formula is C14H21NOS. The van der Waals surface area contributed by atoms with Crippen molar-refractivity contribution < 1.29 is 4.74 Å². The highest BCUT2D eigenvalue weighted by atomic mass is 32.1. The van der Waals surface area contributed by atoms with Gasteiger partial charge in [-0.1, -0.05) is 0 Å². The van der Waals surface area contributed by atoms with E-state index in [0.29, 0.717) is 6.10 Å². The van der Waals surface area contributed by atoms with Crippen LogP contribution in [0.1, 0.15) is 42.0 Å². The number of hydrogen-bond donors (Lipinski definition) is 1. The Kier molecular flexibility index (Phi) is 3.79. The van der Waals surface area contributed by atoms with Gasteiger partial charge in [0.1, 0.15) is 0 Å². The second kappa shape index (κ2) is 5.51. The zero-order valence-electron chi connectivity index (χ0n) is 10.3. The van der Waals surface area contributed by atoms with Crippen LogP contribution in [0.15, 0.2) is 11.4 Å². The molecule has 17 heavy (non-hydrogen) atoms. The third kappa shape index (κ3) is 2.72. The van der Waals surface area contributed by atoms with Crippen molar-refractivity contribution in [2.45, 2.75) is 44.1 Å². The Labute approximate surface area is 107 Å². The summed E-state index contributed by atoms with van der Waals surface area (Å²) in [6.07, 6.45) is 6.96. The van der Waals surface area contributed by atoms with Crippen molar-refractivity contribution in [3.63, 3.8) is 0 Å². The predicted octanol–water partition coefficient (Wildman–Crippen LogP) is 2.94. The Bertz CT molecular complexity index is 357. The highest BCUT2D eigenvalue weighted by Crippen LogP contribution is 2.34. The summed E-state index contributed by atoms with van der Waals surface area (Å²) in [5.74, 6) is 0.742. The van der Waals surface area contributed by atoms with Crippen LogP contribution in [0.5, 0.6) is 0 Å². The van der Waals surface area contributed by atoms with E-state index < -0.39 is 0 Å². The van der Waals surface area contributed by atoms with E-state index >= 15 is 0 Å². The van der Waals surface area contributed by atoms with Gasteiger partial charge in [-0.15, -0.1) is 11.3 Å². The molecule has 0 amide bonds. The summed E-state index contributed by atoms with van der Waals surface area (Å²) in [5, 5.41) is 5.86. The minimum atomic E-state index is 0.473. The number of fused-ring (bicyclic) bond motifs is 1. The van der Waals surface area contributed by atoms with Crippen LogP contribution in [-0.2, 0) is 11.2 Å². The van der Waals surface area contributed by atoms with E-state index in [-0.39, 0.29) is 0 Å². The molecule has 2 atom stereocenters. The lowest BCUT2D eigenvalue weighted by Gasteiger charge is -2.23. The molecule has 94 valence electrons. The molecule has 1 aliphatic carbocycles. The average Bonchev–Trinajstić information content (AvgIpc) is 2.99. The first-order valence-electron chi connectivity index (χ1n) is 6.82. The molecule has 0 saturated carbocycles. The van der Waals surface area contributed by atoms with Gasteiger partial charge < -0.3 is 10.1 Å². The van der Waals surface area contributed by atoms with Crippen LogP contribution in [0.3, 0.4) is 0 Å². The van der Waals surface area contributed by atoms with E-state index in [1.54, 1.807) is 10.4 Å². The van der Waals surface area contributed by atoms with Gasteiger partial charge in [0.15, 0.2) is 0 Å². The Balaban J connectivity index is 1.49. The van der Waals surface area contributed by atoms with Crippen molar-refractivity contribution in [2.75, 3.05) is 19.7 Å². The Morgan fingerprint density at radius 1 is 1.29 bits per heavy atom. The van der Waals surface area contributed by atoms with Crippen LogP contribution < -0.4 is 5.32 Å². The lowest BCUT2D eigenvalue weighted by molar-refractivity contribution is 0.110. The molecule has 0 spiro atoms. The molecule has 2 unspecified atom stereocenters. The van der Waals surface area contributed by atoms with Crippen LogP contribution in [0.25, 0.3) is 0 Å². The molecule has 2 heterocycles. The fourth-order valence-corrected chi connectivity index (χ4v) is 4.03. The molecule has 2 aliphatic rings. The van der Waals surface area contributed by atoms with Gasteiger partial charge in [0, 0.05) is 24.6 Å². The van der Waals surface area contributed by atoms with Crippen molar-refractivity contribution in [1.29, 1.82) is 0 Å². The van der Waals surface area contributed by atoms with E-state index in [4.69, 9.17) is 4.74 Å². The summed E-state index contributed by atoms with van der Waals surface area (Å²) in [7, 11) is 0. The van der Waals surface area contributed by atoms with Crippen LogP contribution >= 0.6 is 11.3 Å². The van der Waals surface area contributed by atoms with E-state index in [2.05, 4.69) is 16.8 Å². The summed E-state index contributed by atoms with van der Waals surface area (Å²) in [6.45, 7) is 3.13. The first-order chi connectivity index (χ1) is 8.43. The number of ether oxygens (including phenoxy) is 1. The van der Waals surface area contributed by atoms with Crippen LogP contribution in [0, 0.1) is 0 Å². The fourth-order valence-electron chi connectivity index (χ4n) is 3.02. The van der Waals surface area contributed by atoms with Gasteiger partial charge in [-0.3, -0.25) is 0 Å². The molecule has 0 radical (unpaired) electrons. The molecule has 1 N–H and O–H groups in total. The van der Waals surface area contributed by atoms with E-state index in [1.165, 1.54) is 32.1 Å². The number of thiophene rings is 1. The topological polar surface area (TPSA) is 21.3 Å². The Hall–Kier alpha value is -0.380. The highest BCUT2D eigenvalue weighted by Gasteiger charge is 2.21. The maximum absolute atomic E-state index is 5.64. The van der Waals surface area contributed by atoms with Crippen molar-refractivity contribution in [1.82, 2.24) is 5.32 Å². The van der Waals surface area contributed by atoms with Crippen LogP contribution in [-0.4, -0.2) is 25.8 Å². The smallest absolute Gasteiger partial charge is 0.0700 e. The largest absolute Gasteiger partial charge is 0.377 e. The lowest BCUT2D eigenvalue weighted by Crippen LogP contribution is -2.30. The first-order valence-corrected chi connectivity index (χ1v) is 7.70. The van der Waals surface area contributed by atoms with Crippen molar-refractivity contribution in [2.24, 2.45) is 0 Å². The summed E-state index contributed by atoms with van der Waals surface area (Å²) >= 11 is 1.94. The third-order valence-electron chi connectivity index (χ3n) is 3.96. The van der Waals surface area contributed by atoms with Gasteiger partial charge in [-0.2, -0.15) is 0 Å². The summed E-state index contributed by atoms with van der Waals surface area (Å²) in [5.41, 5.74) is 1.61. The van der Waals surface area contributed by atoms with Crippen molar-refractivity contribution in [3.8, 4) is 0 Å². The van der Waals surface area contributed by atoms with Crippen molar-refractivity contribution in [3.05, 3.63) is 21.9 Å². The Morgan fingerprint density at radius 3 is 3.18 bits per heavy atom. The molecule has 1 aromatic heterocycles. The number of hydrogen-bond acceptors (Lipinski definition) is 3. The monoisotopic (exact) mass is 251 g/mol. The minimum Gasteiger partial charge on any atom is -0.377 e. The normalized spacial score (nSPS) is 28.2. The number of aryl methyl sites for hydroxylation is 1. The SMILES string of the molecule is c1cc2c(s1)CCCC2CNCC1CCCO1. The summed E-state index contributed by atoms with van der Waals surface area (Å²) < 4.78 is 5.64. The number of rotatable bonds is 4. The molecule has 1 aliphatic heterocycles. The van der Waals surface area contributed by atoms with Crippen LogP contribution in [0.2, 0.25) is 0 Å². The lowest BCUT2D eigenvalue weighted by atomic mass is 9.88. The van der Waals surface area contributed by atoms with E-state index in [1.807, 2.05) is 11.3 Å². The quantitative estimate of drug-likeness (QED) is 0.888. The molecule has 1 fully saturated rings. The molecular weight excluding hydrogens is 230 g/mol. The second-order valence-electron chi connectivity index (χ2n) is 5.18. The summed E-state index contributed by atoms with van der Waals surface area (Å²) in [4.78, 5) is 1.63. The first kappa shape index (κ1) is 11.7. The Morgan fingerprint density at radius 2 is 2.29 bits per heavy atom. The number of nitrogens with one attached hydrogen (secondary N) is 1. The fraction of sp³-hybridized carbons (Fsp3) is 0.714. The molecule has 1 saturated heterocycles. The second-order valence-corrected chi connectivity index (χ2v) is 6.18. The maximum atomic E-state index is 5.64. The molecule has 0 bridgehead atoms. The molecule has 3 heteroatoms.